The van der Waals surface area contributed by atoms with E-state index in [1.807, 2.05) is 6.08 Å². The highest BCUT2D eigenvalue weighted by atomic mass is 14.5. The Hall–Kier alpha value is -0.260. The van der Waals surface area contributed by atoms with Gasteiger partial charge in [0, 0.05) is 1.37 Å². The zero-order valence-corrected chi connectivity index (χ0v) is 6.07. The number of allylic oxidation sites excluding steroid dienone is 2. The monoisotopic (exact) mass is 124 g/mol. The topological polar surface area (TPSA) is 0 Å². The van der Waals surface area contributed by atoms with Crippen molar-refractivity contribution in [2.75, 3.05) is 0 Å². The highest BCUT2D eigenvalue weighted by molar-refractivity contribution is 5.15. The minimum atomic E-state index is -0.558. The first-order valence-corrected chi connectivity index (χ1v) is 3.67. The second-order valence-electron chi connectivity index (χ2n) is 3.66. The van der Waals surface area contributed by atoms with Crippen LogP contribution in [0.15, 0.2) is 12.1 Å². The molecule has 1 saturated carbocycles. The van der Waals surface area contributed by atoms with Gasteiger partial charge in [0.2, 0.25) is 0 Å². The van der Waals surface area contributed by atoms with Gasteiger partial charge < -0.3 is 0 Å². The summed E-state index contributed by atoms with van der Waals surface area (Å²) in [7, 11) is 0. The lowest BCUT2D eigenvalue weighted by molar-refractivity contribution is 0.279. The Balaban J connectivity index is 2.49. The highest BCUT2D eigenvalue weighted by Gasteiger charge is 2.43. The van der Waals surface area contributed by atoms with Crippen molar-refractivity contribution in [2.45, 2.75) is 26.7 Å². The van der Waals surface area contributed by atoms with Crippen LogP contribution in [0.5, 0.6) is 0 Å². The van der Waals surface area contributed by atoms with Gasteiger partial charge in [-0.15, -0.1) is 0 Å². The summed E-state index contributed by atoms with van der Waals surface area (Å²) in [6.45, 7) is 4.24. The van der Waals surface area contributed by atoms with Crippen LogP contribution < -0.4 is 0 Å². The van der Waals surface area contributed by atoms with Gasteiger partial charge in [-0.05, 0) is 30.1 Å². The maximum absolute atomic E-state index is 8.12. The van der Waals surface area contributed by atoms with Crippen molar-refractivity contribution < 1.29 is 2.74 Å². The number of hydrogen-bond acceptors (Lipinski definition) is 0. The van der Waals surface area contributed by atoms with Gasteiger partial charge in [0.25, 0.3) is 0 Å². The van der Waals surface area contributed by atoms with E-state index in [2.05, 4.69) is 13.8 Å². The normalized spacial score (nSPS) is 56.7. The van der Waals surface area contributed by atoms with Crippen molar-refractivity contribution in [3.63, 3.8) is 0 Å². The standard InChI is InChI=1S/C9H14/c1-9(2)7-3-4-8(9)6-5-7/h3-4,7-8H,5-6H2,1-2H3/i3D,7D. The highest BCUT2D eigenvalue weighted by Crippen LogP contribution is 2.53. The third-order valence-electron chi connectivity index (χ3n) is 2.87. The molecule has 0 N–H and O–H groups in total. The van der Waals surface area contributed by atoms with E-state index in [9.17, 15) is 0 Å². The molecule has 2 aliphatic rings. The molecule has 0 nitrogen and oxygen atoms in total. The van der Waals surface area contributed by atoms with E-state index in [1.54, 1.807) is 0 Å². The van der Waals surface area contributed by atoms with Gasteiger partial charge in [-0.1, -0.05) is 26.0 Å². The molecule has 0 radical (unpaired) electrons. The van der Waals surface area contributed by atoms with Crippen LogP contribution in [0.4, 0.5) is 0 Å². The fourth-order valence-corrected chi connectivity index (χ4v) is 1.96. The lowest BCUT2D eigenvalue weighted by Gasteiger charge is -2.23. The van der Waals surface area contributed by atoms with Crippen LogP contribution in [0, 0.1) is 17.2 Å². The van der Waals surface area contributed by atoms with Crippen LogP contribution in [-0.4, -0.2) is 0 Å². The largest absolute Gasteiger partial charge is 0.0846 e. The SMILES string of the molecule is [2H]C1=CC2CCC1([2H])C2(C)C. The summed E-state index contributed by atoms with van der Waals surface area (Å²) in [6, 6.07) is 0.554. The Morgan fingerprint density at radius 2 is 2.44 bits per heavy atom. The molecule has 0 aliphatic heterocycles. The molecule has 0 spiro atoms. The minimum absolute atomic E-state index is 0.0179. The third-order valence-corrected chi connectivity index (χ3v) is 2.87. The first kappa shape index (κ1) is 3.80. The second kappa shape index (κ2) is 1.42. The molecule has 2 aliphatic carbocycles. The molecule has 0 aromatic carbocycles. The average Bonchev–Trinajstić information content (AvgIpc) is 2.20. The molecule has 0 saturated heterocycles. The zero-order valence-electron chi connectivity index (χ0n) is 8.07. The van der Waals surface area contributed by atoms with Crippen molar-refractivity contribution >= 4 is 0 Å². The Kier molecular flexibility index (Phi) is 0.599. The van der Waals surface area contributed by atoms with Crippen molar-refractivity contribution in [3.05, 3.63) is 12.1 Å². The Morgan fingerprint density at radius 1 is 1.67 bits per heavy atom. The third kappa shape index (κ3) is 0.540. The molecule has 0 heteroatoms. The molecule has 0 aromatic rings. The van der Waals surface area contributed by atoms with Gasteiger partial charge >= 0.3 is 0 Å². The molecule has 0 aromatic heterocycles. The molecule has 50 valence electrons. The molecule has 0 amide bonds. The smallest absolute Gasteiger partial charge is 0.0576 e. The fraction of sp³-hybridized carbons (Fsp3) is 0.778. The summed E-state index contributed by atoms with van der Waals surface area (Å²) in [5.41, 5.74) is 0.0179. The summed E-state index contributed by atoms with van der Waals surface area (Å²) >= 11 is 0. The lowest BCUT2D eigenvalue weighted by Crippen LogP contribution is -2.17. The Bertz CT molecular complexity index is 230. The van der Waals surface area contributed by atoms with Crippen LogP contribution in [0.1, 0.15) is 29.4 Å². The van der Waals surface area contributed by atoms with Gasteiger partial charge in [0.1, 0.15) is 0 Å². The quantitative estimate of drug-likeness (QED) is 0.435. The van der Waals surface area contributed by atoms with Crippen molar-refractivity contribution in [2.24, 2.45) is 17.2 Å². The van der Waals surface area contributed by atoms with Crippen LogP contribution in [0.2, 0.25) is 0 Å². The molecule has 2 bridgehead atoms. The molecule has 2 unspecified atom stereocenters. The van der Waals surface area contributed by atoms with Gasteiger partial charge in [0.15, 0.2) is 0 Å². The molecule has 9 heavy (non-hydrogen) atoms. The molecule has 2 atom stereocenters. The molecule has 2 rings (SSSR count). The van der Waals surface area contributed by atoms with Gasteiger partial charge in [0.05, 0.1) is 1.37 Å². The van der Waals surface area contributed by atoms with Gasteiger partial charge in [-0.3, -0.25) is 0 Å². The predicted molar refractivity (Wildman–Crippen MR) is 39.1 cm³/mol. The van der Waals surface area contributed by atoms with E-state index >= 15 is 0 Å². The molecular formula is C9H14. The summed E-state index contributed by atoms with van der Waals surface area (Å²) in [4.78, 5) is 0. The summed E-state index contributed by atoms with van der Waals surface area (Å²) in [5.74, 6) is -0.0648. The maximum atomic E-state index is 8.12. The van der Waals surface area contributed by atoms with E-state index < -0.39 is 5.89 Å². The number of rotatable bonds is 0. The minimum Gasteiger partial charge on any atom is -0.0846 e. The van der Waals surface area contributed by atoms with E-state index in [-0.39, 0.29) is 5.41 Å². The summed E-state index contributed by atoms with van der Waals surface area (Å²) < 4.78 is 15.8. The van der Waals surface area contributed by atoms with Crippen LogP contribution in [0.25, 0.3) is 0 Å². The van der Waals surface area contributed by atoms with E-state index in [0.29, 0.717) is 12.0 Å². The van der Waals surface area contributed by atoms with E-state index in [1.165, 1.54) is 0 Å². The van der Waals surface area contributed by atoms with Gasteiger partial charge in [-0.25, -0.2) is 0 Å². The number of fused-ring (bicyclic) bond motifs is 2. The Labute approximate surface area is 59.8 Å². The first-order valence-electron chi connectivity index (χ1n) is 4.67. The first-order chi connectivity index (χ1) is 4.98. The zero-order chi connectivity index (χ0) is 8.28. The molecule has 1 fully saturated rings. The molecular weight excluding hydrogens is 108 g/mol. The van der Waals surface area contributed by atoms with Gasteiger partial charge in [-0.2, -0.15) is 0 Å². The van der Waals surface area contributed by atoms with E-state index in [4.69, 9.17) is 2.74 Å². The Morgan fingerprint density at radius 3 is 2.67 bits per heavy atom. The van der Waals surface area contributed by atoms with Crippen molar-refractivity contribution in [1.29, 1.82) is 0 Å². The molecule has 0 heterocycles. The lowest BCUT2D eigenvalue weighted by atomic mass is 9.81. The average molecular weight is 124 g/mol. The van der Waals surface area contributed by atoms with Crippen molar-refractivity contribution in [1.82, 2.24) is 0 Å². The summed E-state index contributed by atoms with van der Waals surface area (Å²) in [5, 5.41) is 0. The predicted octanol–water partition coefficient (Wildman–Crippen LogP) is 2.61. The van der Waals surface area contributed by atoms with Crippen LogP contribution >= 0.6 is 0 Å². The van der Waals surface area contributed by atoms with E-state index in [0.717, 1.165) is 12.8 Å². The van der Waals surface area contributed by atoms with Crippen molar-refractivity contribution in [3.8, 4) is 0 Å². The fourth-order valence-electron chi connectivity index (χ4n) is 1.96. The summed E-state index contributed by atoms with van der Waals surface area (Å²) in [6.07, 6.45) is 3.98. The second-order valence-corrected chi connectivity index (χ2v) is 3.66. The van der Waals surface area contributed by atoms with Crippen LogP contribution in [0.3, 0.4) is 0 Å². The number of hydrogen-bond donors (Lipinski definition) is 0. The maximum Gasteiger partial charge on any atom is 0.0576 e. The van der Waals surface area contributed by atoms with Crippen LogP contribution in [-0.2, 0) is 0 Å².